The van der Waals surface area contributed by atoms with Crippen LogP contribution in [-0.2, 0) is 6.54 Å². The molecule has 1 saturated carbocycles. The Morgan fingerprint density at radius 1 is 1.33 bits per heavy atom. The number of carboxylic acid groups (broad SMARTS) is 1. The fraction of sp³-hybridized carbons (Fsp3) is 0.571. The summed E-state index contributed by atoms with van der Waals surface area (Å²) in [6, 6.07) is 3.12. The van der Waals surface area contributed by atoms with Crippen molar-refractivity contribution in [2.75, 3.05) is 0 Å². The van der Waals surface area contributed by atoms with E-state index in [9.17, 15) is 9.59 Å². The number of nitrogens with zero attached hydrogens (tertiary/aromatic N) is 1. The molecule has 0 atom stereocenters. The van der Waals surface area contributed by atoms with Gasteiger partial charge in [0.2, 0.25) is 0 Å². The molecule has 1 fully saturated rings. The second-order valence-electron chi connectivity index (χ2n) is 5.11. The normalized spacial score (nSPS) is 16.7. The van der Waals surface area contributed by atoms with Crippen LogP contribution in [0.4, 0.5) is 0 Å². The summed E-state index contributed by atoms with van der Waals surface area (Å²) in [6.07, 6.45) is 6.00. The van der Waals surface area contributed by atoms with Crippen LogP contribution in [0.5, 0.6) is 0 Å². The van der Waals surface area contributed by atoms with Crippen LogP contribution in [0.1, 0.15) is 48.2 Å². The number of aromatic nitrogens is 1. The van der Waals surface area contributed by atoms with Gasteiger partial charge >= 0.3 is 5.97 Å². The summed E-state index contributed by atoms with van der Waals surface area (Å²) >= 11 is 0. The molecule has 1 aliphatic rings. The molecule has 1 heterocycles. The molecular weight excluding hydrogens is 230 g/mol. The van der Waals surface area contributed by atoms with Gasteiger partial charge in [0.05, 0.1) is 0 Å². The molecule has 0 spiro atoms. The zero-order valence-electron chi connectivity index (χ0n) is 10.7. The third-order valence-electron chi connectivity index (χ3n) is 3.79. The Labute approximate surface area is 106 Å². The minimum Gasteiger partial charge on any atom is -0.477 e. The Hall–Kier alpha value is -1.58. The van der Waals surface area contributed by atoms with E-state index in [1.165, 1.54) is 25.3 Å². The van der Waals surface area contributed by atoms with Crippen molar-refractivity contribution >= 4 is 5.97 Å². The van der Waals surface area contributed by atoms with Crippen molar-refractivity contribution < 1.29 is 9.90 Å². The quantitative estimate of drug-likeness (QED) is 0.895. The van der Waals surface area contributed by atoms with Crippen molar-refractivity contribution in [3.8, 4) is 0 Å². The van der Waals surface area contributed by atoms with Gasteiger partial charge in [0, 0.05) is 12.2 Å². The van der Waals surface area contributed by atoms with Crippen LogP contribution < -0.4 is 5.56 Å². The number of rotatable bonds is 3. The summed E-state index contributed by atoms with van der Waals surface area (Å²) in [4.78, 5) is 23.1. The summed E-state index contributed by atoms with van der Waals surface area (Å²) < 4.78 is 1.62. The molecule has 0 aromatic carbocycles. The van der Waals surface area contributed by atoms with Gasteiger partial charge in [0.25, 0.3) is 5.56 Å². The molecule has 1 aliphatic carbocycles. The van der Waals surface area contributed by atoms with E-state index in [4.69, 9.17) is 5.11 Å². The van der Waals surface area contributed by atoms with E-state index in [-0.39, 0.29) is 11.1 Å². The molecule has 0 unspecified atom stereocenters. The van der Waals surface area contributed by atoms with E-state index < -0.39 is 5.97 Å². The van der Waals surface area contributed by atoms with Gasteiger partial charge in [-0.15, -0.1) is 0 Å². The van der Waals surface area contributed by atoms with Crippen molar-refractivity contribution in [1.82, 2.24) is 4.57 Å². The van der Waals surface area contributed by atoms with Gasteiger partial charge in [0.1, 0.15) is 5.56 Å². The van der Waals surface area contributed by atoms with E-state index >= 15 is 0 Å². The van der Waals surface area contributed by atoms with Crippen LogP contribution in [0.25, 0.3) is 0 Å². The Balaban J connectivity index is 2.28. The minimum absolute atomic E-state index is 0.128. The number of aromatic carboxylic acids is 1. The molecular formula is C14H19NO3. The molecule has 0 saturated heterocycles. The van der Waals surface area contributed by atoms with Gasteiger partial charge in [-0.3, -0.25) is 4.79 Å². The van der Waals surface area contributed by atoms with Gasteiger partial charge in [0.15, 0.2) is 0 Å². The highest BCUT2D eigenvalue weighted by Crippen LogP contribution is 2.24. The molecule has 4 heteroatoms. The standard InChI is InChI=1S/C14H19NO3/c1-10-7-8-12(14(17)18)13(16)15(10)9-11-5-3-2-4-6-11/h7-8,11H,2-6,9H2,1H3,(H,17,18). The Bertz CT molecular complexity index is 498. The summed E-state index contributed by atoms with van der Waals surface area (Å²) in [5.41, 5.74) is 0.347. The molecule has 0 bridgehead atoms. The van der Waals surface area contributed by atoms with Gasteiger partial charge in [-0.1, -0.05) is 19.3 Å². The molecule has 1 aromatic rings. The lowest BCUT2D eigenvalue weighted by Crippen LogP contribution is -2.30. The first-order valence-electron chi connectivity index (χ1n) is 6.53. The first kappa shape index (κ1) is 12.9. The van der Waals surface area contributed by atoms with E-state index in [1.54, 1.807) is 10.6 Å². The average Bonchev–Trinajstić information content (AvgIpc) is 2.35. The third-order valence-corrected chi connectivity index (χ3v) is 3.79. The number of hydrogen-bond donors (Lipinski definition) is 1. The number of aryl methyl sites for hydroxylation is 1. The van der Waals surface area contributed by atoms with E-state index in [2.05, 4.69) is 0 Å². The lowest BCUT2D eigenvalue weighted by molar-refractivity contribution is 0.0694. The fourth-order valence-corrected chi connectivity index (χ4v) is 2.69. The number of pyridine rings is 1. The number of carboxylic acids is 1. The SMILES string of the molecule is Cc1ccc(C(=O)O)c(=O)n1CC1CCCCC1. The monoisotopic (exact) mass is 249 g/mol. The second-order valence-corrected chi connectivity index (χ2v) is 5.11. The molecule has 0 amide bonds. The minimum atomic E-state index is -1.14. The maximum atomic E-state index is 12.1. The predicted molar refractivity (Wildman–Crippen MR) is 69.0 cm³/mol. The van der Waals surface area contributed by atoms with Crippen molar-refractivity contribution in [3.63, 3.8) is 0 Å². The zero-order valence-corrected chi connectivity index (χ0v) is 10.7. The highest BCUT2D eigenvalue weighted by molar-refractivity contribution is 5.87. The molecule has 2 rings (SSSR count). The number of carbonyl (C=O) groups is 1. The lowest BCUT2D eigenvalue weighted by atomic mass is 9.89. The van der Waals surface area contributed by atoms with Crippen LogP contribution in [0, 0.1) is 12.8 Å². The Morgan fingerprint density at radius 3 is 2.61 bits per heavy atom. The van der Waals surface area contributed by atoms with Gasteiger partial charge < -0.3 is 9.67 Å². The summed E-state index contributed by atoms with van der Waals surface area (Å²) in [7, 11) is 0. The lowest BCUT2D eigenvalue weighted by Gasteiger charge is -2.23. The van der Waals surface area contributed by atoms with Crippen LogP contribution in [0.3, 0.4) is 0 Å². The van der Waals surface area contributed by atoms with Crippen LogP contribution >= 0.6 is 0 Å². The molecule has 0 aliphatic heterocycles. The fourth-order valence-electron chi connectivity index (χ4n) is 2.69. The number of hydrogen-bond acceptors (Lipinski definition) is 2. The summed E-state index contributed by atoms with van der Waals surface area (Å²) in [5.74, 6) is -0.628. The summed E-state index contributed by atoms with van der Waals surface area (Å²) in [5, 5.41) is 8.97. The highest BCUT2D eigenvalue weighted by Gasteiger charge is 2.18. The molecule has 1 aromatic heterocycles. The van der Waals surface area contributed by atoms with Crippen molar-refractivity contribution in [2.45, 2.75) is 45.6 Å². The Morgan fingerprint density at radius 2 is 2.00 bits per heavy atom. The molecule has 1 N–H and O–H groups in total. The van der Waals surface area contributed by atoms with Gasteiger partial charge in [-0.05, 0) is 37.8 Å². The van der Waals surface area contributed by atoms with E-state index in [0.717, 1.165) is 18.5 Å². The average molecular weight is 249 g/mol. The van der Waals surface area contributed by atoms with Crippen LogP contribution in [0.2, 0.25) is 0 Å². The zero-order chi connectivity index (χ0) is 13.1. The first-order valence-corrected chi connectivity index (χ1v) is 6.53. The predicted octanol–water partition coefficient (Wildman–Crippen LogP) is 2.44. The van der Waals surface area contributed by atoms with Gasteiger partial charge in [-0.25, -0.2) is 4.79 Å². The van der Waals surface area contributed by atoms with Crippen molar-refractivity contribution in [1.29, 1.82) is 0 Å². The smallest absolute Gasteiger partial charge is 0.341 e. The second kappa shape index (κ2) is 5.38. The van der Waals surface area contributed by atoms with E-state index in [0.29, 0.717) is 12.5 Å². The molecule has 0 radical (unpaired) electrons. The largest absolute Gasteiger partial charge is 0.477 e. The molecule has 98 valence electrons. The van der Waals surface area contributed by atoms with Crippen LogP contribution in [0.15, 0.2) is 16.9 Å². The van der Waals surface area contributed by atoms with Crippen molar-refractivity contribution in [3.05, 3.63) is 33.7 Å². The van der Waals surface area contributed by atoms with Crippen molar-refractivity contribution in [2.24, 2.45) is 5.92 Å². The Kier molecular flexibility index (Phi) is 3.84. The molecule has 4 nitrogen and oxygen atoms in total. The maximum absolute atomic E-state index is 12.1. The third kappa shape index (κ3) is 2.63. The van der Waals surface area contributed by atoms with Gasteiger partial charge in [-0.2, -0.15) is 0 Å². The maximum Gasteiger partial charge on any atom is 0.341 e. The molecule has 18 heavy (non-hydrogen) atoms. The summed E-state index contributed by atoms with van der Waals surface area (Å²) in [6.45, 7) is 2.52. The van der Waals surface area contributed by atoms with E-state index in [1.807, 2.05) is 6.92 Å². The first-order chi connectivity index (χ1) is 8.59. The van der Waals surface area contributed by atoms with Crippen LogP contribution in [-0.4, -0.2) is 15.6 Å². The topological polar surface area (TPSA) is 59.3 Å². The highest BCUT2D eigenvalue weighted by atomic mass is 16.4.